The number of aryl methyl sites for hydroxylation is 1. The second-order valence-electron chi connectivity index (χ2n) is 3.01. The summed E-state index contributed by atoms with van der Waals surface area (Å²) < 4.78 is 1.62. The van der Waals surface area contributed by atoms with Crippen molar-refractivity contribution in [1.82, 2.24) is 20.2 Å². The molecule has 2 aromatic rings. The topological polar surface area (TPSA) is 55.6 Å². The van der Waals surface area contributed by atoms with Gasteiger partial charge in [0.2, 0.25) is 5.95 Å². The van der Waals surface area contributed by atoms with Crippen LogP contribution in [-0.4, -0.2) is 20.2 Å². The van der Waals surface area contributed by atoms with E-state index in [0.29, 0.717) is 5.95 Å². The Kier molecular flexibility index (Phi) is 2.45. The summed E-state index contributed by atoms with van der Waals surface area (Å²) in [5, 5.41) is 16.5. The third-order valence-electron chi connectivity index (χ3n) is 1.94. The highest BCUT2D eigenvalue weighted by Crippen LogP contribution is 2.21. The molecule has 2 rings (SSSR count). The lowest BCUT2D eigenvalue weighted by molar-refractivity contribution is 0.707. The largest absolute Gasteiger partial charge is 0.346 e. The first-order valence-electron chi connectivity index (χ1n) is 4.29. The standard InChI is InChI=1S/C8H11N5S/c1-6(7-4-3-5-14-7)9-8-10-11-12-13(8)2/h3-6H,1-2H3,(H,9,10,12). The van der Waals surface area contributed by atoms with Gasteiger partial charge in [-0.2, -0.15) is 0 Å². The summed E-state index contributed by atoms with van der Waals surface area (Å²) >= 11 is 1.72. The fourth-order valence-corrected chi connectivity index (χ4v) is 1.89. The van der Waals surface area contributed by atoms with Crippen molar-refractivity contribution in [1.29, 1.82) is 0 Å². The summed E-state index contributed by atoms with van der Waals surface area (Å²) in [5.74, 6) is 0.686. The Morgan fingerprint density at radius 3 is 3.00 bits per heavy atom. The van der Waals surface area contributed by atoms with Crippen LogP contribution in [0.25, 0.3) is 0 Å². The molecular formula is C8H11N5S. The van der Waals surface area contributed by atoms with Crippen LogP contribution in [0.15, 0.2) is 17.5 Å². The molecule has 0 fully saturated rings. The zero-order chi connectivity index (χ0) is 9.97. The number of aromatic nitrogens is 4. The minimum absolute atomic E-state index is 0.236. The molecule has 0 radical (unpaired) electrons. The summed E-state index contributed by atoms with van der Waals surface area (Å²) in [4.78, 5) is 1.27. The van der Waals surface area contributed by atoms with Crippen LogP contribution in [0.3, 0.4) is 0 Å². The van der Waals surface area contributed by atoms with Gasteiger partial charge in [0.15, 0.2) is 0 Å². The van der Waals surface area contributed by atoms with Crippen LogP contribution in [0.5, 0.6) is 0 Å². The van der Waals surface area contributed by atoms with Gasteiger partial charge < -0.3 is 5.32 Å². The third kappa shape index (κ3) is 1.74. The molecule has 0 bridgehead atoms. The zero-order valence-corrected chi connectivity index (χ0v) is 8.82. The SMILES string of the molecule is CC(Nc1nnnn1C)c1cccs1. The number of hydrogen-bond donors (Lipinski definition) is 1. The minimum Gasteiger partial charge on any atom is -0.346 e. The summed E-state index contributed by atoms with van der Waals surface area (Å²) in [6, 6.07) is 4.36. The Bertz CT molecular complexity index is 394. The molecule has 6 heteroatoms. The first-order chi connectivity index (χ1) is 6.77. The van der Waals surface area contributed by atoms with Gasteiger partial charge in [-0.15, -0.1) is 11.3 Å². The molecule has 0 spiro atoms. The second kappa shape index (κ2) is 3.75. The van der Waals surface area contributed by atoms with Gasteiger partial charge in [0, 0.05) is 11.9 Å². The maximum atomic E-state index is 3.86. The van der Waals surface area contributed by atoms with Crippen molar-refractivity contribution in [2.75, 3.05) is 5.32 Å². The Morgan fingerprint density at radius 1 is 1.57 bits per heavy atom. The van der Waals surface area contributed by atoms with E-state index in [1.165, 1.54) is 4.88 Å². The average Bonchev–Trinajstić information content (AvgIpc) is 2.77. The van der Waals surface area contributed by atoms with Crippen LogP contribution in [0.2, 0.25) is 0 Å². The number of nitrogens with zero attached hydrogens (tertiary/aromatic N) is 4. The average molecular weight is 209 g/mol. The van der Waals surface area contributed by atoms with Crippen LogP contribution in [-0.2, 0) is 7.05 Å². The molecule has 0 aliphatic heterocycles. The summed E-state index contributed by atoms with van der Waals surface area (Å²) in [6.07, 6.45) is 0. The van der Waals surface area contributed by atoms with Crippen molar-refractivity contribution in [2.24, 2.45) is 7.05 Å². The van der Waals surface area contributed by atoms with E-state index in [2.05, 4.69) is 39.2 Å². The lowest BCUT2D eigenvalue weighted by atomic mass is 10.3. The van der Waals surface area contributed by atoms with Gasteiger partial charge in [0.25, 0.3) is 0 Å². The van der Waals surface area contributed by atoms with Gasteiger partial charge in [-0.1, -0.05) is 11.2 Å². The molecule has 0 saturated carbocycles. The van der Waals surface area contributed by atoms with Gasteiger partial charge in [-0.05, 0) is 28.8 Å². The van der Waals surface area contributed by atoms with E-state index < -0.39 is 0 Å². The molecule has 5 nitrogen and oxygen atoms in total. The third-order valence-corrected chi connectivity index (χ3v) is 2.99. The molecule has 0 aromatic carbocycles. The van der Waals surface area contributed by atoms with Gasteiger partial charge in [-0.3, -0.25) is 0 Å². The van der Waals surface area contributed by atoms with Crippen LogP contribution in [0, 0.1) is 0 Å². The summed E-state index contributed by atoms with van der Waals surface area (Å²) in [6.45, 7) is 2.08. The first-order valence-corrected chi connectivity index (χ1v) is 5.17. The van der Waals surface area contributed by atoms with Crippen LogP contribution < -0.4 is 5.32 Å². The highest BCUT2D eigenvalue weighted by molar-refractivity contribution is 7.10. The molecule has 0 aliphatic carbocycles. The van der Waals surface area contributed by atoms with Crippen molar-refractivity contribution in [3.8, 4) is 0 Å². The molecular weight excluding hydrogens is 198 g/mol. The molecule has 14 heavy (non-hydrogen) atoms. The molecule has 0 amide bonds. The smallest absolute Gasteiger partial charge is 0.243 e. The number of nitrogens with one attached hydrogen (secondary N) is 1. The molecule has 74 valence electrons. The van der Waals surface area contributed by atoms with Gasteiger partial charge in [-0.25, -0.2) is 4.68 Å². The van der Waals surface area contributed by atoms with E-state index in [0.717, 1.165) is 0 Å². The highest BCUT2D eigenvalue weighted by atomic mass is 32.1. The molecule has 2 heterocycles. The zero-order valence-electron chi connectivity index (χ0n) is 8.01. The quantitative estimate of drug-likeness (QED) is 0.831. The number of tetrazole rings is 1. The van der Waals surface area contributed by atoms with Crippen LogP contribution in [0.4, 0.5) is 5.95 Å². The van der Waals surface area contributed by atoms with Crippen molar-refractivity contribution in [2.45, 2.75) is 13.0 Å². The number of thiophene rings is 1. The van der Waals surface area contributed by atoms with Crippen molar-refractivity contribution in [3.63, 3.8) is 0 Å². The lowest BCUT2D eigenvalue weighted by Crippen LogP contribution is -2.09. The first kappa shape index (κ1) is 9.14. The second-order valence-corrected chi connectivity index (χ2v) is 3.99. The highest BCUT2D eigenvalue weighted by Gasteiger charge is 2.09. The molecule has 0 saturated heterocycles. The Hall–Kier alpha value is -1.43. The molecule has 1 unspecified atom stereocenters. The van der Waals surface area contributed by atoms with Gasteiger partial charge in [0.05, 0.1) is 6.04 Å². The molecule has 0 aliphatic rings. The van der Waals surface area contributed by atoms with Crippen LogP contribution in [0.1, 0.15) is 17.8 Å². The number of anilines is 1. The van der Waals surface area contributed by atoms with Crippen molar-refractivity contribution in [3.05, 3.63) is 22.4 Å². The number of hydrogen-bond acceptors (Lipinski definition) is 5. The van der Waals surface area contributed by atoms with E-state index in [1.54, 1.807) is 16.0 Å². The normalized spacial score (nSPS) is 12.7. The Balaban J connectivity index is 2.09. The summed E-state index contributed by atoms with van der Waals surface area (Å²) in [5.41, 5.74) is 0. The fourth-order valence-electron chi connectivity index (χ4n) is 1.15. The molecule has 1 atom stereocenters. The molecule has 1 N–H and O–H groups in total. The van der Waals surface area contributed by atoms with Crippen LogP contribution >= 0.6 is 11.3 Å². The van der Waals surface area contributed by atoms with E-state index in [-0.39, 0.29) is 6.04 Å². The van der Waals surface area contributed by atoms with E-state index in [4.69, 9.17) is 0 Å². The molecule has 2 aromatic heterocycles. The lowest BCUT2D eigenvalue weighted by Gasteiger charge is -2.10. The predicted molar refractivity (Wildman–Crippen MR) is 55.2 cm³/mol. The van der Waals surface area contributed by atoms with E-state index in [9.17, 15) is 0 Å². The Labute approximate surface area is 85.8 Å². The monoisotopic (exact) mass is 209 g/mol. The van der Waals surface area contributed by atoms with Crippen molar-refractivity contribution >= 4 is 17.3 Å². The predicted octanol–water partition coefficient (Wildman–Crippen LogP) is 1.44. The van der Waals surface area contributed by atoms with Crippen molar-refractivity contribution < 1.29 is 0 Å². The Morgan fingerprint density at radius 2 is 2.43 bits per heavy atom. The van der Waals surface area contributed by atoms with Gasteiger partial charge >= 0.3 is 0 Å². The fraction of sp³-hybridized carbons (Fsp3) is 0.375. The number of rotatable bonds is 3. The maximum absolute atomic E-state index is 3.86. The minimum atomic E-state index is 0.236. The van der Waals surface area contributed by atoms with E-state index in [1.807, 2.05) is 13.1 Å². The maximum Gasteiger partial charge on any atom is 0.243 e. The summed E-state index contributed by atoms with van der Waals surface area (Å²) in [7, 11) is 1.81. The van der Waals surface area contributed by atoms with Gasteiger partial charge in [0.1, 0.15) is 0 Å². The van der Waals surface area contributed by atoms with E-state index >= 15 is 0 Å².